The van der Waals surface area contributed by atoms with Gasteiger partial charge in [0, 0.05) is 18.2 Å². The van der Waals surface area contributed by atoms with E-state index in [0.29, 0.717) is 5.39 Å². The Morgan fingerprint density at radius 3 is 2.44 bits per heavy atom. The Morgan fingerprint density at radius 2 is 1.76 bits per heavy atom. The van der Waals surface area contributed by atoms with E-state index in [1.165, 1.54) is 11.0 Å². The molecule has 0 saturated carbocycles. The van der Waals surface area contributed by atoms with Crippen LogP contribution in [0, 0.1) is 11.6 Å². The summed E-state index contributed by atoms with van der Waals surface area (Å²) in [5.74, 6) is -2.23. The van der Waals surface area contributed by atoms with E-state index in [1.807, 2.05) is 0 Å². The van der Waals surface area contributed by atoms with E-state index in [1.54, 1.807) is 31.2 Å². The third-order valence-corrected chi connectivity index (χ3v) is 3.93. The lowest BCUT2D eigenvalue weighted by molar-refractivity contribution is 0.0718. The number of hydrogen-bond donors (Lipinski definition) is 0. The average molecular weight is 343 g/mol. The summed E-state index contributed by atoms with van der Waals surface area (Å²) in [4.78, 5) is 26.0. The molecule has 1 aromatic heterocycles. The van der Waals surface area contributed by atoms with Crippen molar-refractivity contribution < 1.29 is 18.0 Å². The maximum atomic E-state index is 13.8. The van der Waals surface area contributed by atoms with Crippen molar-refractivity contribution in [2.75, 3.05) is 6.54 Å². The average Bonchev–Trinajstić information content (AvgIpc) is 2.61. The smallest absolute Gasteiger partial charge is 0.290 e. The Morgan fingerprint density at radius 1 is 1.08 bits per heavy atom. The van der Waals surface area contributed by atoms with E-state index < -0.39 is 17.5 Å². The van der Waals surface area contributed by atoms with E-state index in [-0.39, 0.29) is 35.4 Å². The quantitative estimate of drug-likeness (QED) is 0.725. The highest BCUT2D eigenvalue weighted by Gasteiger charge is 2.21. The van der Waals surface area contributed by atoms with Gasteiger partial charge in [0.1, 0.15) is 17.2 Å². The maximum absolute atomic E-state index is 13.8. The lowest BCUT2D eigenvalue weighted by Crippen LogP contribution is -2.31. The van der Waals surface area contributed by atoms with Crippen molar-refractivity contribution in [3.05, 3.63) is 81.7 Å². The van der Waals surface area contributed by atoms with Crippen molar-refractivity contribution in [2.24, 2.45) is 0 Å². The molecule has 0 radical (unpaired) electrons. The second-order valence-corrected chi connectivity index (χ2v) is 5.49. The van der Waals surface area contributed by atoms with Crippen molar-refractivity contribution in [1.82, 2.24) is 4.90 Å². The molecule has 0 aliphatic carbocycles. The summed E-state index contributed by atoms with van der Waals surface area (Å²) >= 11 is 0. The summed E-state index contributed by atoms with van der Waals surface area (Å²) in [6.07, 6.45) is 0. The third kappa shape index (κ3) is 3.28. The predicted octanol–water partition coefficient (Wildman–Crippen LogP) is 3.73. The van der Waals surface area contributed by atoms with Gasteiger partial charge in [0.05, 0.1) is 11.9 Å². The number of amides is 1. The van der Waals surface area contributed by atoms with Crippen LogP contribution in [-0.4, -0.2) is 17.4 Å². The summed E-state index contributed by atoms with van der Waals surface area (Å²) in [5, 5.41) is 0.363. The number of fused-ring (bicyclic) bond motifs is 1. The van der Waals surface area contributed by atoms with Crippen molar-refractivity contribution >= 4 is 16.9 Å². The minimum Gasteiger partial charge on any atom is -0.451 e. The molecular weight excluding hydrogens is 328 g/mol. The highest BCUT2D eigenvalue weighted by molar-refractivity contribution is 5.93. The Labute approximate surface area is 142 Å². The molecule has 2 aromatic carbocycles. The van der Waals surface area contributed by atoms with Crippen LogP contribution in [0.15, 0.2) is 57.7 Å². The number of benzene rings is 2. The normalized spacial score (nSPS) is 10.8. The fourth-order valence-electron chi connectivity index (χ4n) is 2.57. The first kappa shape index (κ1) is 16.8. The molecule has 1 heterocycles. The zero-order chi connectivity index (χ0) is 18.0. The van der Waals surface area contributed by atoms with Gasteiger partial charge in [-0.15, -0.1) is 0 Å². The first-order valence-corrected chi connectivity index (χ1v) is 7.76. The molecule has 0 spiro atoms. The van der Waals surface area contributed by atoms with Crippen LogP contribution in [0.3, 0.4) is 0 Å². The van der Waals surface area contributed by atoms with Gasteiger partial charge in [0.25, 0.3) is 5.91 Å². The van der Waals surface area contributed by atoms with Gasteiger partial charge in [-0.25, -0.2) is 8.78 Å². The third-order valence-electron chi connectivity index (χ3n) is 3.93. The summed E-state index contributed by atoms with van der Waals surface area (Å²) in [6.45, 7) is 1.61. The molecule has 25 heavy (non-hydrogen) atoms. The van der Waals surface area contributed by atoms with Gasteiger partial charge in [-0.2, -0.15) is 0 Å². The molecule has 0 aliphatic heterocycles. The molecule has 0 N–H and O–H groups in total. The zero-order valence-corrected chi connectivity index (χ0v) is 13.5. The highest BCUT2D eigenvalue weighted by atomic mass is 19.1. The van der Waals surface area contributed by atoms with E-state index in [4.69, 9.17) is 4.42 Å². The standard InChI is InChI=1S/C19H15F2NO3/c1-2-22(11-13-14(20)7-5-8-15(13)21)19(24)18-10-16(23)12-6-3-4-9-17(12)25-18/h3-10H,2,11H2,1H3. The van der Waals surface area contributed by atoms with E-state index in [9.17, 15) is 18.4 Å². The van der Waals surface area contributed by atoms with Crippen LogP contribution in [0.4, 0.5) is 8.78 Å². The second kappa shape index (κ2) is 6.84. The molecule has 6 heteroatoms. The van der Waals surface area contributed by atoms with Gasteiger partial charge in [-0.05, 0) is 31.2 Å². The molecule has 0 atom stereocenters. The monoisotopic (exact) mass is 343 g/mol. The van der Waals surface area contributed by atoms with Gasteiger partial charge in [-0.3, -0.25) is 9.59 Å². The lowest BCUT2D eigenvalue weighted by Gasteiger charge is -2.21. The maximum Gasteiger partial charge on any atom is 0.290 e. The van der Waals surface area contributed by atoms with Gasteiger partial charge in [0.2, 0.25) is 0 Å². The molecule has 0 saturated heterocycles. The Bertz CT molecular complexity index is 977. The minimum absolute atomic E-state index is 0.165. The molecule has 0 bridgehead atoms. The van der Waals surface area contributed by atoms with Crippen molar-refractivity contribution in [3.8, 4) is 0 Å². The van der Waals surface area contributed by atoms with Gasteiger partial charge < -0.3 is 9.32 Å². The number of carbonyl (C=O) groups excluding carboxylic acids is 1. The molecule has 0 fully saturated rings. The van der Waals surface area contributed by atoms with Crippen LogP contribution in [0.1, 0.15) is 23.0 Å². The largest absolute Gasteiger partial charge is 0.451 e. The molecular formula is C19H15F2NO3. The Kier molecular flexibility index (Phi) is 4.61. The predicted molar refractivity (Wildman–Crippen MR) is 89.3 cm³/mol. The van der Waals surface area contributed by atoms with Crippen LogP contribution < -0.4 is 5.43 Å². The minimum atomic E-state index is -0.730. The Hall–Kier alpha value is -3.02. The first-order valence-electron chi connectivity index (χ1n) is 7.76. The summed E-state index contributed by atoms with van der Waals surface area (Å²) in [6, 6.07) is 11.2. The Balaban J connectivity index is 1.97. The topological polar surface area (TPSA) is 50.5 Å². The SMILES string of the molecule is CCN(Cc1c(F)cccc1F)C(=O)c1cc(=O)c2ccccc2o1. The first-order chi connectivity index (χ1) is 12.0. The number of hydrogen-bond acceptors (Lipinski definition) is 3. The number of para-hydroxylation sites is 1. The van der Waals surface area contributed by atoms with Crippen LogP contribution in [0.25, 0.3) is 11.0 Å². The van der Waals surface area contributed by atoms with Gasteiger partial charge >= 0.3 is 0 Å². The molecule has 3 rings (SSSR count). The molecule has 1 amide bonds. The molecule has 128 valence electrons. The fourth-order valence-corrected chi connectivity index (χ4v) is 2.57. The van der Waals surface area contributed by atoms with Gasteiger partial charge in [0.15, 0.2) is 11.2 Å². The van der Waals surface area contributed by atoms with Crippen LogP contribution >= 0.6 is 0 Å². The van der Waals surface area contributed by atoms with Gasteiger partial charge in [-0.1, -0.05) is 18.2 Å². The summed E-state index contributed by atoms with van der Waals surface area (Å²) < 4.78 is 33.2. The molecule has 0 aliphatic rings. The van der Waals surface area contributed by atoms with E-state index in [2.05, 4.69) is 0 Å². The van der Waals surface area contributed by atoms with E-state index >= 15 is 0 Å². The molecule has 4 nitrogen and oxygen atoms in total. The molecule has 3 aromatic rings. The second-order valence-electron chi connectivity index (χ2n) is 5.49. The van der Waals surface area contributed by atoms with Crippen LogP contribution in [0.2, 0.25) is 0 Å². The summed E-state index contributed by atoms with van der Waals surface area (Å²) in [5.41, 5.74) is -0.273. The van der Waals surface area contributed by atoms with Crippen molar-refractivity contribution in [1.29, 1.82) is 0 Å². The van der Waals surface area contributed by atoms with Crippen LogP contribution in [0.5, 0.6) is 0 Å². The number of carbonyl (C=O) groups is 1. The lowest BCUT2D eigenvalue weighted by atomic mass is 10.1. The highest BCUT2D eigenvalue weighted by Crippen LogP contribution is 2.18. The number of rotatable bonds is 4. The zero-order valence-electron chi connectivity index (χ0n) is 13.5. The van der Waals surface area contributed by atoms with Crippen molar-refractivity contribution in [3.63, 3.8) is 0 Å². The fraction of sp³-hybridized carbons (Fsp3) is 0.158. The van der Waals surface area contributed by atoms with Crippen LogP contribution in [-0.2, 0) is 6.54 Å². The van der Waals surface area contributed by atoms with Crippen molar-refractivity contribution in [2.45, 2.75) is 13.5 Å². The molecule has 0 unspecified atom stereocenters. The number of halogens is 2. The summed E-state index contributed by atoms with van der Waals surface area (Å²) in [7, 11) is 0. The van der Waals surface area contributed by atoms with E-state index in [0.717, 1.165) is 18.2 Å². The number of nitrogens with zero attached hydrogens (tertiary/aromatic N) is 1.